The SMILES string of the molecule is CN(C)CC(OC(=O)N1Cc2c(NC(=O)c3ccno3)n[nH]c2C1(C)C)c1ccccc1. The summed E-state index contributed by atoms with van der Waals surface area (Å²) in [6.07, 6.45) is 0.529. The Kier molecular flexibility index (Phi) is 5.70. The lowest BCUT2D eigenvalue weighted by molar-refractivity contribution is 0.0259. The summed E-state index contributed by atoms with van der Waals surface area (Å²) in [7, 11) is 3.87. The first-order chi connectivity index (χ1) is 15.3. The first-order valence-electron chi connectivity index (χ1n) is 10.2. The number of ether oxygens (including phenoxy) is 1. The number of hydrogen-bond donors (Lipinski definition) is 2. The molecule has 32 heavy (non-hydrogen) atoms. The number of H-pyrrole nitrogens is 1. The number of carbonyl (C=O) groups excluding carboxylic acids is 2. The third-order valence-electron chi connectivity index (χ3n) is 5.53. The Morgan fingerprint density at radius 2 is 2.03 bits per heavy atom. The van der Waals surface area contributed by atoms with Gasteiger partial charge in [-0.2, -0.15) is 5.10 Å². The molecule has 0 aliphatic carbocycles. The lowest BCUT2D eigenvalue weighted by Crippen LogP contribution is -2.42. The Hall–Kier alpha value is -3.66. The van der Waals surface area contributed by atoms with Gasteiger partial charge in [0.25, 0.3) is 5.91 Å². The van der Waals surface area contributed by atoms with E-state index in [9.17, 15) is 9.59 Å². The smallest absolute Gasteiger partial charge is 0.411 e. The van der Waals surface area contributed by atoms with Crippen LogP contribution in [-0.4, -0.2) is 57.8 Å². The molecule has 1 aliphatic heterocycles. The molecule has 3 heterocycles. The summed E-state index contributed by atoms with van der Waals surface area (Å²) in [6.45, 7) is 4.61. The largest absolute Gasteiger partial charge is 0.440 e. The van der Waals surface area contributed by atoms with Gasteiger partial charge in [-0.1, -0.05) is 35.5 Å². The van der Waals surface area contributed by atoms with Crippen LogP contribution in [0.15, 0.2) is 47.1 Å². The molecule has 168 valence electrons. The van der Waals surface area contributed by atoms with Gasteiger partial charge in [0, 0.05) is 18.2 Å². The van der Waals surface area contributed by atoms with E-state index in [1.54, 1.807) is 4.90 Å². The number of fused-ring (bicyclic) bond motifs is 1. The van der Waals surface area contributed by atoms with Crippen molar-refractivity contribution in [2.75, 3.05) is 26.0 Å². The van der Waals surface area contributed by atoms with Gasteiger partial charge in [-0.25, -0.2) is 4.79 Å². The predicted molar refractivity (Wildman–Crippen MR) is 116 cm³/mol. The van der Waals surface area contributed by atoms with Crippen LogP contribution in [0.5, 0.6) is 0 Å². The maximum absolute atomic E-state index is 13.3. The fourth-order valence-corrected chi connectivity index (χ4v) is 3.81. The first kappa shape index (κ1) is 21.6. The second kappa shape index (κ2) is 8.46. The van der Waals surface area contributed by atoms with E-state index < -0.39 is 23.6 Å². The van der Waals surface area contributed by atoms with Crippen molar-refractivity contribution in [3.8, 4) is 0 Å². The van der Waals surface area contributed by atoms with Crippen molar-refractivity contribution in [2.45, 2.75) is 32.0 Å². The van der Waals surface area contributed by atoms with Crippen LogP contribution in [0.2, 0.25) is 0 Å². The van der Waals surface area contributed by atoms with E-state index in [0.717, 1.165) is 16.8 Å². The van der Waals surface area contributed by atoms with Gasteiger partial charge < -0.3 is 19.5 Å². The number of hydrogen-bond acceptors (Lipinski definition) is 7. The number of aromatic nitrogens is 3. The topological polar surface area (TPSA) is 117 Å². The lowest BCUT2D eigenvalue weighted by atomic mass is 10.0. The molecular weight excluding hydrogens is 412 g/mol. The van der Waals surface area contributed by atoms with E-state index in [4.69, 9.17) is 9.26 Å². The molecule has 1 aliphatic rings. The molecule has 1 atom stereocenters. The fraction of sp³-hybridized carbons (Fsp3) is 0.364. The molecule has 0 radical (unpaired) electrons. The van der Waals surface area contributed by atoms with Gasteiger partial charge >= 0.3 is 6.09 Å². The summed E-state index contributed by atoms with van der Waals surface area (Å²) in [4.78, 5) is 29.2. The van der Waals surface area contributed by atoms with E-state index in [-0.39, 0.29) is 12.3 Å². The Morgan fingerprint density at radius 3 is 2.69 bits per heavy atom. The van der Waals surface area contributed by atoms with Gasteiger partial charge in [0.1, 0.15) is 6.10 Å². The summed E-state index contributed by atoms with van der Waals surface area (Å²) in [5.74, 6) is -0.0481. The lowest BCUT2D eigenvalue weighted by Gasteiger charge is -2.33. The number of aromatic amines is 1. The second-order valence-corrected chi connectivity index (χ2v) is 8.45. The minimum Gasteiger partial charge on any atom is -0.440 e. The van der Waals surface area contributed by atoms with Crippen molar-refractivity contribution in [3.63, 3.8) is 0 Å². The molecule has 4 rings (SSSR count). The van der Waals surface area contributed by atoms with E-state index >= 15 is 0 Å². The number of nitrogens with zero attached hydrogens (tertiary/aromatic N) is 4. The highest BCUT2D eigenvalue weighted by atomic mass is 16.6. The standard InChI is InChI=1S/C22H26N6O4/c1-22(2)18-15(19(26-25-18)24-20(29)16-10-11-23-32-16)12-28(22)21(30)31-17(13-27(3)4)14-8-6-5-7-9-14/h5-11,17H,12-13H2,1-4H3,(H2,24,25,26,29). The van der Waals surface area contributed by atoms with Gasteiger partial charge in [0.05, 0.1) is 24.0 Å². The van der Waals surface area contributed by atoms with Crippen LogP contribution in [0.1, 0.15) is 47.3 Å². The van der Waals surface area contributed by atoms with E-state index in [1.165, 1.54) is 12.3 Å². The zero-order chi connectivity index (χ0) is 22.9. The van der Waals surface area contributed by atoms with Crippen molar-refractivity contribution in [3.05, 3.63) is 65.2 Å². The zero-order valence-electron chi connectivity index (χ0n) is 18.5. The van der Waals surface area contributed by atoms with Gasteiger partial charge in [-0.05, 0) is 33.5 Å². The van der Waals surface area contributed by atoms with Crippen molar-refractivity contribution in [1.82, 2.24) is 25.2 Å². The molecule has 2 amide bonds. The van der Waals surface area contributed by atoms with Crippen molar-refractivity contribution >= 4 is 17.8 Å². The van der Waals surface area contributed by atoms with E-state index in [1.807, 2.05) is 63.2 Å². The van der Waals surface area contributed by atoms with Gasteiger partial charge in [-0.3, -0.25) is 14.8 Å². The highest BCUT2D eigenvalue weighted by molar-refractivity contribution is 6.02. The molecule has 1 aromatic carbocycles. The maximum atomic E-state index is 13.3. The fourth-order valence-electron chi connectivity index (χ4n) is 3.81. The van der Waals surface area contributed by atoms with Crippen LogP contribution in [0.3, 0.4) is 0 Å². The third-order valence-corrected chi connectivity index (χ3v) is 5.53. The molecular formula is C22H26N6O4. The summed E-state index contributed by atoms with van der Waals surface area (Å²) in [6, 6.07) is 11.1. The number of rotatable bonds is 6. The molecule has 0 spiro atoms. The van der Waals surface area contributed by atoms with Crippen LogP contribution in [-0.2, 0) is 16.8 Å². The van der Waals surface area contributed by atoms with Crippen molar-refractivity contribution < 1.29 is 18.8 Å². The minimum absolute atomic E-state index is 0.0738. The van der Waals surface area contributed by atoms with Crippen LogP contribution < -0.4 is 5.32 Å². The molecule has 0 bridgehead atoms. The molecule has 10 heteroatoms. The summed E-state index contributed by atoms with van der Waals surface area (Å²) >= 11 is 0. The number of benzene rings is 1. The third kappa shape index (κ3) is 4.09. The number of anilines is 1. The number of amides is 2. The molecule has 0 saturated heterocycles. The second-order valence-electron chi connectivity index (χ2n) is 8.45. The van der Waals surface area contributed by atoms with Gasteiger partial charge in [-0.15, -0.1) is 0 Å². The summed E-state index contributed by atoms with van der Waals surface area (Å²) < 4.78 is 10.8. The van der Waals surface area contributed by atoms with Crippen LogP contribution in [0, 0.1) is 0 Å². The number of likely N-dealkylation sites (N-methyl/N-ethyl adjacent to an activating group) is 1. The molecule has 10 nitrogen and oxygen atoms in total. The van der Waals surface area contributed by atoms with E-state index in [0.29, 0.717) is 12.4 Å². The average Bonchev–Trinajstić information content (AvgIpc) is 3.47. The van der Waals surface area contributed by atoms with Crippen molar-refractivity contribution in [2.24, 2.45) is 0 Å². The zero-order valence-corrected chi connectivity index (χ0v) is 18.5. The van der Waals surface area contributed by atoms with Crippen LogP contribution in [0.25, 0.3) is 0 Å². The normalized spacial score (nSPS) is 15.5. The molecule has 0 fully saturated rings. The Bertz CT molecular complexity index is 1090. The molecule has 2 aromatic heterocycles. The predicted octanol–water partition coefficient (Wildman–Crippen LogP) is 3.14. The Labute approximate surface area is 185 Å². The van der Waals surface area contributed by atoms with Crippen molar-refractivity contribution in [1.29, 1.82) is 0 Å². The molecule has 3 aromatic rings. The quantitative estimate of drug-likeness (QED) is 0.607. The first-order valence-corrected chi connectivity index (χ1v) is 10.2. The van der Waals surface area contributed by atoms with Crippen LogP contribution in [0.4, 0.5) is 10.6 Å². The van der Waals surface area contributed by atoms with E-state index in [2.05, 4.69) is 20.7 Å². The molecule has 1 unspecified atom stereocenters. The molecule has 2 N–H and O–H groups in total. The highest BCUT2D eigenvalue weighted by Gasteiger charge is 2.45. The molecule has 0 saturated carbocycles. The minimum atomic E-state index is -0.700. The summed E-state index contributed by atoms with van der Waals surface area (Å²) in [5.41, 5.74) is 1.69. The van der Waals surface area contributed by atoms with Gasteiger partial charge in [0.15, 0.2) is 5.82 Å². The maximum Gasteiger partial charge on any atom is 0.411 e. The van der Waals surface area contributed by atoms with Crippen LogP contribution >= 0.6 is 0 Å². The highest BCUT2D eigenvalue weighted by Crippen LogP contribution is 2.41. The number of carbonyl (C=O) groups is 2. The van der Waals surface area contributed by atoms with Gasteiger partial charge in [0.2, 0.25) is 5.76 Å². The summed E-state index contributed by atoms with van der Waals surface area (Å²) in [5, 5.41) is 13.4. The number of nitrogens with one attached hydrogen (secondary N) is 2. The monoisotopic (exact) mass is 438 g/mol. The Balaban J connectivity index is 1.53. The average molecular weight is 438 g/mol. The Morgan fingerprint density at radius 1 is 1.28 bits per heavy atom.